The number of pyridine rings is 1. The zero-order chi connectivity index (χ0) is 25.6. The van der Waals surface area contributed by atoms with Crippen molar-refractivity contribution in [3.63, 3.8) is 0 Å². The fourth-order valence-electron chi connectivity index (χ4n) is 4.18. The van der Waals surface area contributed by atoms with Gasteiger partial charge < -0.3 is 19.9 Å². The molecule has 0 unspecified atom stereocenters. The molecule has 0 aliphatic carbocycles. The van der Waals surface area contributed by atoms with Crippen LogP contribution in [0.4, 0.5) is 5.69 Å². The van der Waals surface area contributed by atoms with Crippen LogP contribution < -0.4 is 10.5 Å². The molecule has 0 radical (unpaired) electrons. The number of benzene rings is 3. The lowest BCUT2D eigenvalue weighted by Crippen LogP contribution is -2.34. The summed E-state index contributed by atoms with van der Waals surface area (Å²) in [5.41, 5.74) is 9.91. The van der Waals surface area contributed by atoms with Crippen LogP contribution in [-0.2, 0) is 19.5 Å². The van der Waals surface area contributed by atoms with Crippen molar-refractivity contribution >= 4 is 22.5 Å². The van der Waals surface area contributed by atoms with Gasteiger partial charge in [-0.1, -0.05) is 48.5 Å². The number of ether oxygens (including phenoxy) is 1. The zero-order valence-corrected chi connectivity index (χ0v) is 20.6. The normalized spacial score (nSPS) is 10.9. The number of methoxy groups -OCH3 is 1. The molecule has 0 bridgehead atoms. The van der Waals surface area contributed by atoms with Crippen molar-refractivity contribution in [3.8, 4) is 5.75 Å². The summed E-state index contributed by atoms with van der Waals surface area (Å²) in [4.78, 5) is 20.1. The predicted octanol–water partition coefficient (Wildman–Crippen LogP) is 4.35. The smallest absolute Gasteiger partial charge is 0.272 e. The molecule has 2 heterocycles. The van der Waals surface area contributed by atoms with Crippen LogP contribution in [0.3, 0.4) is 0 Å². The number of anilines is 1. The fourth-order valence-corrected chi connectivity index (χ4v) is 4.18. The number of nitrogens with two attached hydrogens (primary N) is 1. The first kappa shape index (κ1) is 24.0. The average Bonchev–Trinajstić information content (AvgIpc) is 3.38. The Morgan fingerprint density at radius 3 is 2.49 bits per heavy atom. The van der Waals surface area contributed by atoms with Crippen LogP contribution in [0.15, 0.2) is 91.3 Å². The number of nitrogens with zero attached hydrogens (tertiary/aromatic N) is 5. The molecule has 0 atom stereocenters. The molecule has 5 rings (SSSR count). The molecule has 1 amide bonds. The number of aromatic nitrogens is 4. The molecule has 2 N–H and O–H groups in total. The van der Waals surface area contributed by atoms with Gasteiger partial charge in [0.2, 0.25) is 0 Å². The minimum atomic E-state index is -0.152. The number of hydrogen-bond donors (Lipinski definition) is 1. The second kappa shape index (κ2) is 10.9. The minimum absolute atomic E-state index is 0.152. The summed E-state index contributed by atoms with van der Waals surface area (Å²) in [6.45, 7) is 1.38. The minimum Gasteiger partial charge on any atom is -0.497 e. The van der Waals surface area contributed by atoms with Crippen LogP contribution in [-0.4, -0.2) is 44.2 Å². The Balaban J connectivity index is 1.40. The highest BCUT2D eigenvalue weighted by Crippen LogP contribution is 2.17. The molecule has 0 aliphatic rings. The average molecular weight is 493 g/mol. The molecule has 37 heavy (non-hydrogen) atoms. The monoisotopic (exact) mass is 492 g/mol. The van der Waals surface area contributed by atoms with Gasteiger partial charge >= 0.3 is 0 Å². The van der Waals surface area contributed by atoms with Crippen molar-refractivity contribution in [1.29, 1.82) is 0 Å². The second-order valence-electron chi connectivity index (χ2n) is 8.83. The lowest BCUT2D eigenvalue weighted by molar-refractivity contribution is 0.0733. The number of carbonyl (C=O) groups excluding carboxylic acids is 1. The highest BCUT2D eigenvalue weighted by atomic mass is 16.5. The summed E-state index contributed by atoms with van der Waals surface area (Å²) >= 11 is 0. The molecule has 0 aliphatic heterocycles. The Kier molecular flexibility index (Phi) is 7.07. The molecular formula is C29H28N6O2. The van der Waals surface area contributed by atoms with E-state index in [9.17, 15) is 4.79 Å². The predicted molar refractivity (Wildman–Crippen MR) is 143 cm³/mol. The molecule has 0 saturated heterocycles. The largest absolute Gasteiger partial charge is 0.497 e. The summed E-state index contributed by atoms with van der Waals surface area (Å²) in [7, 11) is 1.65. The van der Waals surface area contributed by atoms with E-state index in [4.69, 9.17) is 10.5 Å². The van der Waals surface area contributed by atoms with E-state index in [-0.39, 0.29) is 5.91 Å². The summed E-state index contributed by atoms with van der Waals surface area (Å²) in [5, 5.41) is 9.44. The molecule has 8 heteroatoms. The van der Waals surface area contributed by atoms with Gasteiger partial charge in [-0.25, -0.2) is 4.98 Å². The second-order valence-corrected chi connectivity index (χ2v) is 8.83. The Morgan fingerprint density at radius 2 is 1.70 bits per heavy atom. The van der Waals surface area contributed by atoms with Crippen LogP contribution in [0, 0.1) is 0 Å². The molecule has 186 valence electrons. The van der Waals surface area contributed by atoms with Gasteiger partial charge in [-0.15, -0.1) is 10.2 Å². The van der Waals surface area contributed by atoms with E-state index in [0.29, 0.717) is 43.3 Å². The SMILES string of the molecule is COc1ccc(CCN(Cc2nncn2Cc2ccc(N)cc2)C(=O)c2ccc3ccccc3n2)cc1. The van der Waals surface area contributed by atoms with Crippen LogP contribution >= 0.6 is 0 Å². The maximum atomic E-state index is 13.7. The first-order valence-electron chi connectivity index (χ1n) is 12.1. The zero-order valence-electron chi connectivity index (χ0n) is 20.6. The molecule has 5 aromatic rings. The third-order valence-electron chi connectivity index (χ3n) is 6.29. The standard InChI is InChI=1S/C29H28N6O2/c1-37-25-13-8-21(9-14-25)16-17-34(29(36)27-15-10-23-4-2-3-5-26(23)32-27)19-28-33-31-20-35(28)18-22-6-11-24(30)12-7-22/h2-15,20H,16-19,30H2,1H3. The van der Waals surface area contributed by atoms with Crippen LogP contribution in [0.5, 0.6) is 5.75 Å². The maximum absolute atomic E-state index is 13.7. The van der Waals surface area contributed by atoms with Gasteiger partial charge in [0, 0.05) is 17.6 Å². The third kappa shape index (κ3) is 5.75. The van der Waals surface area contributed by atoms with E-state index in [2.05, 4.69) is 15.2 Å². The van der Waals surface area contributed by atoms with Crippen LogP contribution in [0.2, 0.25) is 0 Å². The Bertz CT molecular complexity index is 1500. The lowest BCUT2D eigenvalue weighted by Gasteiger charge is -2.22. The highest BCUT2D eigenvalue weighted by Gasteiger charge is 2.20. The number of amides is 1. The van der Waals surface area contributed by atoms with E-state index >= 15 is 0 Å². The number of fused-ring (bicyclic) bond motifs is 1. The van der Waals surface area contributed by atoms with Crippen molar-refractivity contribution < 1.29 is 9.53 Å². The first-order valence-corrected chi connectivity index (χ1v) is 12.1. The topological polar surface area (TPSA) is 99.2 Å². The summed E-state index contributed by atoms with van der Waals surface area (Å²) in [5.74, 6) is 1.34. The lowest BCUT2D eigenvalue weighted by atomic mass is 10.1. The number of nitrogen functional groups attached to an aromatic ring is 1. The van der Waals surface area contributed by atoms with Gasteiger partial charge in [0.1, 0.15) is 17.8 Å². The quantitative estimate of drug-likeness (QED) is 0.307. The highest BCUT2D eigenvalue weighted by molar-refractivity contribution is 5.94. The Morgan fingerprint density at radius 1 is 0.946 bits per heavy atom. The van der Waals surface area contributed by atoms with Crippen LogP contribution in [0.1, 0.15) is 27.4 Å². The van der Waals surface area contributed by atoms with Gasteiger partial charge in [-0.05, 0) is 53.9 Å². The number of hydrogen-bond acceptors (Lipinski definition) is 6. The molecular weight excluding hydrogens is 464 g/mol. The Hall–Kier alpha value is -4.72. The van der Waals surface area contributed by atoms with E-state index < -0.39 is 0 Å². The molecule has 2 aromatic heterocycles. The molecule has 0 saturated carbocycles. The van der Waals surface area contributed by atoms with Gasteiger partial charge in [-0.3, -0.25) is 4.79 Å². The van der Waals surface area contributed by atoms with E-state index in [1.807, 2.05) is 83.4 Å². The Labute approximate surface area is 215 Å². The maximum Gasteiger partial charge on any atom is 0.272 e. The summed E-state index contributed by atoms with van der Waals surface area (Å²) in [6.07, 6.45) is 2.36. The third-order valence-corrected chi connectivity index (χ3v) is 6.29. The number of carbonyl (C=O) groups is 1. The molecule has 0 spiro atoms. The van der Waals surface area contributed by atoms with Crippen LogP contribution in [0.25, 0.3) is 10.9 Å². The van der Waals surface area contributed by atoms with Gasteiger partial charge in [0.25, 0.3) is 5.91 Å². The number of para-hydroxylation sites is 1. The van der Waals surface area contributed by atoms with Crippen molar-refractivity contribution in [1.82, 2.24) is 24.6 Å². The number of rotatable bonds is 9. The first-order chi connectivity index (χ1) is 18.1. The molecule has 8 nitrogen and oxygen atoms in total. The van der Waals surface area contributed by atoms with Crippen molar-refractivity contribution in [2.75, 3.05) is 19.4 Å². The van der Waals surface area contributed by atoms with Crippen molar-refractivity contribution in [2.24, 2.45) is 0 Å². The summed E-state index contributed by atoms with van der Waals surface area (Å²) < 4.78 is 7.22. The van der Waals surface area contributed by atoms with E-state index in [0.717, 1.165) is 27.8 Å². The molecule has 3 aromatic carbocycles. The van der Waals surface area contributed by atoms with E-state index in [1.54, 1.807) is 24.4 Å². The van der Waals surface area contributed by atoms with Crippen molar-refractivity contribution in [3.05, 3.63) is 114 Å². The van der Waals surface area contributed by atoms with Crippen molar-refractivity contribution in [2.45, 2.75) is 19.5 Å². The fraction of sp³-hybridized carbons (Fsp3) is 0.172. The van der Waals surface area contributed by atoms with Gasteiger partial charge in [-0.2, -0.15) is 0 Å². The van der Waals surface area contributed by atoms with Gasteiger partial charge in [0.15, 0.2) is 5.82 Å². The summed E-state index contributed by atoms with van der Waals surface area (Å²) in [6, 6.07) is 27.1. The molecule has 0 fully saturated rings. The van der Waals surface area contributed by atoms with Gasteiger partial charge in [0.05, 0.1) is 25.7 Å². The van der Waals surface area contributed by atoms with E-state index in [1.165, 1.54) is 0 Å².